The number of morpholine rings is 1. The maximum Gasteiger partial charge on any atom is 0.269 e. The highest BCUT2D eigenvalue weighted by molar-refractivity contribution is 5.78. The number of rotatable bonds is 5. The quantitative estimate of drug-likeness (QED) is 0.650. The minimum atomic E-state index is -0.430. The molecule has 1 fully saturated rings. The number of ether oxygens (including phenoxy) is 1. The normalized spacial score (nSPS) is 15.2. The molecule has 1 aliphatic rings. The van der Waals surface area contributed by atoms with E-state index in [0.29, 0.717) is 26.2 Å². The van der Waals surface area contributed by atoms with E-state index in [1.807, 2.05) is 6.92 Å². The number of nitrogens with zero attached hydrogens (tertiary/aromatic N) is 2. The Morgan fingerprint density at radius 2 is 2.30 bits per heavy atom. The summed E-state index contributed by atoms with van der Waals surface area (Å²) in [6.07, 6.45) is 0. The lowest BCUT2D eigenvalue weighted by atomic mass is 10.1. The van der Waals surface area contributed by atoms with Crippen molar-refractivity contribution in [3.8, 4) is 0 Å². The number of hydrogen-bond donors (Lipinski definition) is 1. The predicted octanol–water partition coefficient (Wildman–Crippen LogP) is 1.39. The Labute approximate surface area is 116 Å². The van der Waals surface area contributed by atoms with Crippen molar-refractivity contribution < 1.29 is 14.5 Å². The van der Waals surface area contributed by atoms with Crippen LogP contribution in [0.25, 0.3) is 0 Å². The summed E-state index contributed by atoms with van der Waals surface area (Å²) in [4.78, 5) is 23.8. The van der Waals surface area contributed by atoms with Crippen molar-refractivity contribution in [2.75, 3.05) is 31.6 Å². The van der Waals surface area contributed by atoms with Crippen LogP contribution in [0.5, 0.6) is 0 Å². The standard InChI is InChI=1S/C13H17N3O4/c1-2-14-12-4-3-11(16(18)19)7-10(12)8-15-5-6-20-9-13(15)17/h3-4,7,14H,2,5-6,8-9H2,1H3. The molecule has 0 unspecified atom stereocenters. The van der Waals surface area contributed by atoms with Gasteiger partial charge in [-0.2, -0.15) is 0 Å². The van der Waals surface area contributed by atoms with E-state index in [1.54, 1.807) is 11.0 Å². The van der Waals surface area contributed by atoms with Gasteiger partial charge in [-0.1, -0.05) is 0 Å². The average molecular weight is 279 g/mol. The predicted molar refractivity (Wildman–Crippen MR) is 73.5 cm³/mol. The fourth-order valence-corrected chi connectivity index (χ4v) is 2.11. The zero-order valence-electron chi connectivity index (χ0n) is 11.3. The molecule has 1 aromatic rings. The molecule has 0 saturated carbocycles. The third-order valence-corrected chi connectivity index (χ3v) is 3.11. The second-order valence-corrected chi connectivity index (χ2v) is 4.50. The molecule has 2 rings (SSSR count). The smallest absolute Gasteiger partial charge is 0.269 e. The number of non-ortho nitro benzene ring substituents is 1. The zero-order valence-corrected chi connectivity index (χ0v) is 11.3. The van der Waals surface area contributed by atoms with Gasteiger partial charge in [0.15, 0.2) is 0 Å². The number of nitro groups is 1. The van der Waals surface area contributed by atoms with Crippen molar-refractivity contribution in [2.45, 2.75) is 13.5 Å². The van der Waals surface area contributed by atoms with Crippen molar-refractivity contribution in [3.63, 3.8) is 0 Å². The average Bonchev–Trinajstić information content (AvgIpc) is 2.43. The Bertz CT molecular complexity index is 518. The third-order valence-electron chi connectivity index (χ3n) is 3.11. The number of amides is 1. The summed E-state index contributed by atoms with van der Waals surface area (Å²) >= 11 is 0. The maximum atomic E-state index is 11.7. The molecule has 1 aromatic carbocycles. The highest BCUT2D eigenvalue weighted by atomic mass is 16.6. The molecule has 0 aromatic heterocycles. The van der Waals surface area contributed by atoms with E-state index >= 15 is 0 Å². The van der Waals surface area contributed by atoms with Crippen LogP contribution < -0.4 is 5.32 Å². The van der Waals surface area contributed by atoms with Crippen molar-refractivity contribution >= 4 is 17.3 Å². The third kappa shape index (κ3) is 3.24. The highest BCUT2D eigenvalue weighted by Crippen LogP contribution is 2.24. The number of benzene rings is 1. The number of anilines is 1. The van der Waals surface area contributed by atoms with E-state index in [4.69, 9.17) is 4.74 Å². The van der Waals surface area contributed by atoms with E-state index in [9.17, 15) is 14.9 Å². The molecule has 7 heteroatoms. The van der Waals surface area contributed by atoms with Crippen LogP contribution in [0.3, 0.4) is 0 Å². The van der Waals surface area contributed by atoms with Gasteiger partial charge in [-0.05, 0) is 13.0 Å². The molecule has 20 heavy (non-hydrogen) atoms. The SMILES string of the molecule is CCNc1ccc([N+](=O)[O-])cc1CN1CCOCC1=O. The first-order valence-corrected chi connectivity index (χ1v) is 6.48. The summed E-state index contributed by atoms with van der Waals surface area (Å²) in [5, 5.41) is 14.0. The van der Waals surface area contributed by atoms with Crippen molar-refractivity contribution in [1.82, 2.24) is 4.90 Å². The van der Waals surface area contributed by atoms with Gasteiger partial charge in [-0.15, -0.1) is 0 Å². The molecular formula is C13H17N3O4. The van der Waals surface area contributed by atoms with Gasteiger partial charge in [0.05, 0.1) is 11.5 Å². The first-order chi connectivity index (χ1) is 9.61. The van der Waals surface area contributed by atoms with E-state index < -0.39 is 4.92 Å². The van der Waals surface area contributed by atoms with E-state index in [-0.39, 0.29) is 18.2 Å². The second kappa shape index (κ2) is 6.33. The Kier molecular flexibility index (Phi) is 4.52. The Balaban J connectivity index is 2.24. The first-order valence-electron chi connectivity index (χ1n) is 6.48. The van der Waals surface area contributed by atoms with Gasteiger partial charge in [-0.3, -0.25) is 14.9 Å². The zero-order chi connectivity index (χ0) is 14.5. The Morgan fingerprint density at radius 1 is 1.50 bits per heavy atom. The van der Waals surface area contributed by atoms with Gasteiger partial charge in [0.1, 0.15) is 6.61 Å². The fraction of sp³-hybridized carbons (Fsp3) is 0.462. The number of nitro benzene ring substituents is 1. The molecule has 1 heterocycles. The Hall–Kier alpha value is -2.15. The largest absolute Gasteiger partial charge is 0.385 e. The summed E-state index contributed by atoms with van der Waals surface area (Å²) in [5.41, 5.74) is 1.59. The van der Waals surface area contributed by atoms with Gasteiger partial charge >= 0.3 is 0 Å². The monoisotopic (exact) mass is 279 g/mol. The summed E-state index contributed by atoms with van der Waals surface area (Å²) in [7, 11) is 0. The van der Waals surface area contributed by atoms with Crippen LogP contribution >= 0.6 is 0 Å². The molecular weight excluding hydrogens is 262 g/mol. The van der Waals surface area contributed by atoms with E-state index in [2.05, 4.69) is 5.32 Å². The molecule has 0 aliphatic carbocycles. The van der Waals surface area contributed by atoms with Gasteiger partial charge in [-0.25, -0.2) is 0 Å². The lowest BCUT2D eigenvalue weighted by molar-refractivity contribution is -0.384. The minimum Gasteiger partial charge on any atom is -0.385 e. The molecule has 0 bridgehead atoms. The fourth-order valence-electron chi connectivity index (χ4n) is 2.11. The summed E-state index contributed by atoms with van der Waals surface area (Å²) in [5.74, 6) is -0.0924. The first kappa shape index (κ1) is 14.3. The van der Waals surface area contributed by atoms with Gasteiger partial charge in [0.25, 0.3) is 5.69 Å². The number of carbonyl (C=O) groups excluding carboxylic acids is 1. The molecule has 7 nitrogen and oxygen atoms in total. The summed E-state index contributed by atoms with van der Waals surface area (Å²) in [6.45, 7) is 4.09. The van der Waals surface area contributed by atoms with Crippen LogP contribution in [-0.2, 0) is 16.1 Å². The molecule has 1 N–H and O–H groups in total. The van der Waals surface area contributed by atoms with Crippen molar-refractivity contribution in [3.05, 3.63) is 33.9 Å². The lowest BCUT2D eigenvalue weighted by Gasteiger charge is -2.27. The van der Waals surface area contributed by atoms with Crippen LogP contribution in [0.1, 0.15) is 12.5 Å². The number of carbonyl (C=O) groups is 1. The van der Waals surface area contributed by atoms with Crippen LogP contribution in [0.2, 0.25) is 0 Å². The van der Waals surface area contributed by atoms with E-state index in [0.717, 1.165) is 11.3 Å². The number of nitrogens with one attached hydrogen (secondary N) is 1. The topological polar surface area (TPSA) is 84.7 Å². The van der Waals surface area contributed by atoms with Crippen molar-refractivity contribution in [2.24, 2.45) is 0 Å². The molecule has 0 atom stereocenters. The summed E-state index contributed by atoms with van der Waals surface area (Å²) < 4.78 is 5.07. The maximum absolute atomic E-state index is 11.7. The van der Waals surface area contributed by atoms with Crippen LogP contribution in [0.4, 0.5) is 11.4 Å². The lowest BCUT2D eigenvalue weighted by Crippen LogP contribution is -2.41. The molecule has 0 spiro atoms. The minimum absolute atomic E-state index is 0.0300. The Morgan fingerprint density at radius 3 is 2.95 bits per heavy atom. The summed E-state index contributed by atoms with van der Waals surface area (Å²) in [6, 6.07) is 4.66. The van der Waals surface area contributed by atoms with Crippen LogP contribution in [0.15, 0.2) is 18.2 Å². The van der Waals surface area contributed by atoms with Crippen LogP contribution in [-0.4, -0.2) is 42.0 Å². The highest BCUT2D eigenvalue weighted by Gasteiger charge is 2.21. The van der Waals surface area contributed by atoms with Gasteiger partial charge in [0, 0.05) is 43.0 Å². The van der Waals surface area contributed by atoms with Gasteiger partial charge in [0.2, 0.25) is 5.91 Å². The van der Waals surface area contributed by atoms with Gasteiger partial charge < -0.3 is 15.0 Å². The van der Waals surface area contributed by atoms with Crippen LogP contribution in [0, 0.1) is 10.1 Å². The molecule has 108 valence electrons. The number of hydrogen-bond acceptors (Lipinski definition) is 5. The molecule has 1 aliphatic heterocycles. The molecule has 1 saturated heterocycles. The van der Waals surface area contributed by atoms with Crippen molar-refractivity contribution in [1.29, 1.82) is 0 Å². The van der Waals surface area contributed by atoms with E-state index in [1.165, 1.54) is 12.1 Å². The second-order valence-electron chi connectivity index (χ2n) is 4.50. The molecule has 0 radical (unpaired) electrons. The molecule has 1 amide bonds.